The summed E-state index contributed by atoms with van der Waals surface area (Å²) in [6.45, 7) is 2.47. The molecule has 0 bridgehead atoms. The van der Waals surface area contributed by atoms with Gasteiger partial charge in [-0.3, -0.25) is 0 Å². The van der Waals surface area contributed by atoms with Gasteiger partial charge in [-0.1, -0.05) is 18.2 Å². The third-order valence-corrected chi connectivity index (χ3v) is 6.24. The summed E-state index contributed by atoms with van der Waals surface area (Å²) in [4.78, 5) is 1.51. The molecule has 1 aromatic carbocycles. The van der Waals surface area contributed by atoms with Crippen LogP contribution in [-0.2, 0) is 6.42 Å². The smallest absolute Gasteiger partial charge is 0.0260 e. The van der Waals surface area contributed by atoms with E-state index < -0.39 is 0 Å². The highest BCUT2D eigenvalue weighted by molar-refractivity contribution is 8.00. The Morgan fingerprint density at radius 1 is 1.11 bits per heavy atom. The van der Waals surface area contributed by atoms with Crippen molar-refractivity contribution in [2.45, 2.75) is 42.2 Å². The lowest BCUT2D eigenvalue weighted by Crippen LogP contribution is -2.31. The van der Waals surface area contributed by atoms with E-state index in [0.717, 1.165) is 23.0 Å². The number of hydrogen-bond donors (Lipinski definition) is 1. The minimum Gasteiger partial charge on any atom is -0.315 e. The van der Waals surface area contributed by atoms with Crippen molar-refractivity contribution >= 4 is 11.8 Å². The molecule has 19 heavy (non-hydrogen) atoms. The van der Waals surface area contributed by atoms with E-state index in [1.165, 1.54) is 50.1 Å². The first-order valence-electron chi connectivity index (χ1n) is 7.85. The zero-order chi connectivity index (χ0) is 12.7. The fourth-order valence-electron chi connectivity index (χ4n) is 3.55. The summed E-state index contributed by atoms with van der Waals surface area (Å²) in [5.74, 6) is 3.16. The summed E-state index contributed by atoms with van der Waals surface area (Å²) in [7, 11) is 0. The standard InChI is InChI=1S/C17H23NS/c1-2-4-17-14(3-1)9-15(19-17)10-18-11-16(12-5-6-12)13-7-8-13/h1-4,12-13,15-16,18H,5-11H2. The van der Waals surface area contributed by atoms with Crippen LogP contribution < -0.4 is 5.32 Å². The second-order valence-electron chi connectivity index (χ2n) is 6.55. The minimum atomic E-state index is 0.761. The lowest BCUT2D eigenvalue weighted by Gasteiger charge is -2.18. The molecule has 1 N–H and O–H groups in total. The lowest BCUT2D eigenvalue weighted by atomic mass is 9.98. The van der Waals surface area contributed by atoms with Gasteiger partial charge in [0, 0.05) is 16.7 Å². The van der Waals surface area contributed by atoms with Crippen molar-refractivity contribution < 1.29 is 0 Å². The SMILES string of the molecule is c1ccc2c(c1)CC(CNCC(C1CC1)C1CC1)S2. The van der Waals surface area contributed by atoms with Crippen LogP contribution in [0.5, 0.6) is 0 Å². The molecule has 0 amide bonds. The zero-order valence-electron chi connectivity index (χ0n) is 11.5. The Hall–Kier alpha value is -0.470. The summed E-state index contributed by atoms with van der Waals surface area (Å²) >= 11 is 2.07. The quantitative estimate of drug-likeness (QED) is 0.847. The van der Waals surface area contributed by atoms with Gasteiger partial charge in [0.05, 0.1) is 0 Å². The average Bonchev–Trinajstić information content (AvgIpc) is 3.32. The Kier molecular flexibility index (Phi) is 3.32. The predicted octanol–water partition coefficient (Wildman–Crippen LogP) is 3.73. The van der Waals surface area contributed by atoms with Crippen molar-refractivity contribution in [3.05, 3.63) is 29.8 Å². The van der Waals surface area contributed by atoms with Crippen molar-refractivity contribution in [2.24, 2.45) is 17.8 Å². The number of hydrogen-bond acceptors (Lipinski definition) is 2. The molecule has 1 aromatic rings. The van der Waals surface area contributed by atoms with Gasteiger partial charge in [0.1, 0.15) is 0 Å². The van der Waals surface area contributed by atoms with Crippen molar-refractivity contribution in [1.29, 1.82) is 0 Å². The highest BCUT2D eigenvalue weighted by atomic mass is 32.2. The van der Waals surface area contributed by atoms with Crippen LogP contribution >= 0.6 is 11.8 Å². The molecule has 2 aliphatic carbocycles. The van der Waals surface area contributed by atoms with Crippen LogP contribution in [0.1, 0.15) is 31.2 Å². The van der Waals surface area contributed by atoms with Crippen molar-refractivity contribution in [1.82, 2.24) is 5.32 Å². The van der Waals surface area contributed by atoms with Crippen LogP contribution in [0.2, 0.25) is 0 Å². The maximum Gasteiger partial charge on any atom is 0.0260 e. The zero-order valence-corrected chi connectivity index (χ0v) is 12.3. The van der Waals surface area contributed by atoms with Crippen LogP contribution in [-0.4, -0.2) is 18.3 Å². The number of thioether (sulfide) groups is 1. The molecule has 1 atom stereocenters. The first kappa shape index (κ1) is 12.3. The van der Waals surface area contributed by atoms with Gasteiger partial charge in [-0.2, -0.15) is 0 Å². The summed E-state index contributed by atoms with van der Waals surface area (Å²) in [5, 5.41) is 4.54. The summed E-state index contributed by atoms with van der Waals surface area (Å²) in [6.07, 6.45) is 7.28. The third-order valence-electron chi connectivity index (χ3n) is 4.92. The Balaban J connectivity index is 1.25. The van der Waals surface area contributed by atoms with Gasteiger partial charge >= 0.3 is 0 Å². The highest BCUT2D eigenvalue weighted by Crippen LogP contribution is 2.48. The topological polar surface area (TPSA) is 12.0 Å². The molecule has 3 aliphatic rings. The fourth-order valence-corrected chi connectivity index (χ4v) is 4.83. The second-order valence-corrected chi connectivity index (χ2v) is 7.89. The number of benzene rings is 1. The number of nitrogens with one attached hydrogen (secondary N) is 1. The molecule has 1 heterocycles. The number of rotatable bonds is 6. The maximum atomic E-state index is 3.78. The van der Waals surface area contributed by atoms with Crippen molar-refractivity contribution in [3.63, 3.8) is 0 Å². The first-order valence-corrected chi connectivity index (χ1v) is 8.73. The number of fused-ring (bicyclic) bond motifs is 1. The fraction of sp³-hybridized carbons (Fsp3) is 0.647. The van der Waals surface area contributed by atoms with E-state index in [4.69, 9.17) is 0 Å². The van der Waals surface area contributed by atoms with E-state index >= 15 is 0 Å². The van der Waals surface area contributed by atoms with E-state index in [-0.39, 0.29) is 0 Å². The van der Waals surface area contributed by atoms with Gasteiger partial charge in [-0.15, -0.1) is 11.8 Å². The summed E-state index contributed by atoms with van der Waals surface area (Å²) in [6, 6.07) is 8.90. The molecule has 0 radical (unpaired) electrons. The van der Waals surface area contributed by atoms with E-state index in [0.29, 0.717) is 0 Å². The molecule has 1 aliphatic heterocycles. The molecular formula is C17H23NS. The third kappa shape index (κ3) is 2.85. The van der Waals surface area contributed by atoms with Gasteiger partial charge in [0.25, 0.3) is 0 Å². The molecule has 2 fully saturated rings. The van der Waals surface area contributed by atoms with Gasteiger partial charge < -0.3 is 5.32 Å². The molecule has 0 aromatic heterocycles. The normalized spacial score (nSPS) is 25.8. The van der Waals surface area contributed by atoms with Crippen molar-refractivity contribution in [2.75, 3.05) is 13.1 Å². The lowest BCUT2D eigenvalue weighted by molar-refractivity contribution is 0.379. The molecule has 102 valence electrons. The molecule has 0 saturated heterocycles. The van der Waals surface area contributed by atoms with E-state index in [2.05, 4.69) is 41.3 Å². The molecule has 0 spiro atoms. The Labute approximate surface area is 120 Å². The van der Waals surface area contributed by atoms with E-state index in [1.807, 2.05) is 0 Å². The Morgan fingerprint density at radius 2 is 1.84 bits per heavy atom. The molecule has 2 saturated carbocycles. The van der Waals surface area contributed by atoms with Gasteiger partial charge in [-0.05, 0) is 68.0 Å². The van der Waals surface area contributed by atoms with Crippen LogP contribution in [0.4, 0.5) is 0 Å². The first-order chi connectivity index (χ1) is 9.40. The van der Waals surface area contributed by atoms with Gasteiger partial charge in [-0.25, -0.2) is 0 Å². The van der Waals surface area contributed by atoms with Crippen LogP contribution in [0.25, 0.3) is 0 Å². The maximum absolute atomic E-state index is 3.78. The monoisotopic (exact) mass is 273 g/mol. The minimum absolute atomic E-state index is 0.761. The molecular weight excluding hydrogens is 250 g/mol. The highest BCUT2D eigenvalue weighted by Gasteiger charge is 2.40. The van der Waals surface area contributed by atoms with Crippen LogP contribution in [0.15, 0.2) is 29.2 Å². The van der Waals surface area contributed by atoms with Crippen molar-refractivity contribution in [3.8, 4) is 0 Å². The average molecular weight is 273 g/mol. The van der Waals surface area contributed by atoms with Gasteiger partial charge in [0.15, 0.2) is 0 Å². The molecule has 1 nitrogen and oxygen atoms in total. The Bertz CT molecular complexity index is 413. The molecule has 2 heteroatoms. The largest absolute Gasteiger partial charge is 0.315 e. The molecule has 1 unspecified atom stereocenters. The summed E-state index contributed by atoms with van der Waals surface area (Å²) in [5.41, 5.74) is 1.56. The second kappa shape index (κ2) is 5.14. The Morgan fingerprint density at radius 3 is 2.53 bits per heavy atom. The van der Waals surface area contributed by atoms with Crippen LogP contribution in [0.3, 0.4) is 0 Å². The van der Waals surface area contributed by atoms with E-state index in [1.54, 1.807) is 5.56 Å². The van der Waals surface area contributed by atoms with E-state index in [9.17, 15) is 0 Å². The predicted molar refractivity (Wildman–Crippen MR) is 81.6 cm³/mol. The summed E-state index contributed by atoms with van der Waals surface area (Å²) < 4.78 is 0. The van der Waals surface area contributed by atoms with Gasteiger partial charge in [0.2, 0.25) is 0 Å². The van der Waals surface area contributed by atoms with Crippen LogP contribution in [0, 0.1) is 17.8 Å². The molecule has 4 rings (SSSR count).